The Hall–Kier alpha value is -1.17. The second-order valence-corrected chi connectivity index (χ2v) is 10.4. The van der Waals surface area contributed by atoms with E-state index in [1.807, 2.05) is 0 Å². The summed E-state index contributed by atoms with van der Waals surface area (Å²) in [7, 11) is -17.5. The first-order valence-corrected chi connectivity index (χ1v) is 12.7. The summed E-state index contributed by atoms with van der Waals surface area (Å²) < 4.78 is 77.4. The van der Waals surface area contributed by atoms with Gasteiger partial charge in [0.1, 0.15) is 19.5 Å². The van der Waals surface area contributed by atoms with Crippen molar-refractivity contribution in [2.45, 2.75) is 17.9 Å². The van der Waals surface area contributed by atoms with Gasteiger partial charge in [-0.3, -0.25) is 18.9 Å². The van der Waals surface area contributed by atoms with E-state index in [4.69, 9.17) is 19.4 Å². The number of aliphatic hydroxyl groups is 2. The summed E-state index contributed by atoms with van der Waals surface area (Å²) in [5.74, 6) is 0. The summed E-state index contributed by atoms with van der Waals surface area (Å²) in [6.45, 7) is -6.49. The normalized spacial score (nSPS) is 19.8. The molecule has 0 saturated carbocycles. The first-order valence-electron chi connectivity index (χ1n) is 8.18. The highest BCUT2D eigenvalue weighted by Gasteiger charge is 2.47. The van der Waals surface area contributed by atoms with Crippen LogP contribution in [-0.2, 0) is 31.6 Å². The van der Waals surface area contributed by atoms with Crippen LogP contribution in [0.3, 0.4) is 0 Å². The van der Waals surface area contributed by atoms with Crippen molar-refractivity contribution in [2.75, 3.05) is 26.6 Å². The van der Waals surface area contributed by atoms with Crippen LogP contribution in [0.1, 0.15) is 6.23 Å². The number of phosphoric ester groups is 1. The van der Waals surface area contributed by atoms with Crippen molar-refractivity contribution in [3.63, 3.8) is 0 Å². The predicted molar refractivity (Wildman–Crippen MR) is 99.0 cm³/mol. The highest BCUT2D eigenvalue weighted by Crippen LogP contribution is 2.66. The number of ether oxygens (including phenoxy) is 1. The second-order valence-electron chi connectivity index (χ2n) is 6.01. The van der Waals surface area contributed by atoms with Crippen molar-refractivity contribution in [1.29, 1.82) is 0 Å². The van der Waals surface area contributed by atoms with E-state index in [1.165, 1.54) is 0 Å². The molecule has 0 fully saturated rings. The van der Waals surface area contributed by atoms with Gasteiger partial charge in [-0.15, -0.1) is 0 Å². The minimum atomic E-state index is -5.94. The molecule has 0 aromatic carbocycles. The van der Waals surface area contributed by atoms with Crippen molar-refractivity contribution < 1.29 is 70.1 Å². The predicted octanol–water partition coefficient (Wildman–Crippen LogP) is -1.57. The van der Waals surface area contributed by atoms with Crippen molar-refractivity contribution in [1.82, 2.24) is 9.55 Å². The van der Waals surface area contributed by atoms with Crippen LogP contribution in [0.2, 0.25) is 0 Å². The molecule has 22 heteroatoms. The fraction of sp³-hybridized carbons (Fsp3) is 0.636. The van der Waals surface area contributed by atoms with Crippen LogP contribution in [0.4, 0.5) is 8.78 Å². The Kier molecular flexibility index (Phi) is 10.4. The van der Waals surface area contributed by atoms with Gasteiger partial charge in [0.05, 0.1) is 13.2 Å². The maximum atomic E-state index is 13.9. The molecule has 0 aliphatic rings. The monoisotopic (exact) mass is 550 g/mol. The number of alkyl halides is 2. The van der Waals surface area contributed by atoms with Gasteiger partial charge >= 0.3 is 29.2 Å². The zero-order valence-electron chi connectivity index (χ0n) is 16.0. The van der Waals surface area contributed by atoms with Crippen LogP contribution < -0.4 is 11.2 Å². The Morgan fingerprint density at radius 1 is 1.09 bits per heavy atom. The third kappa shape index (κ3) is 9.18. The maximum Gasteiger partial charge on any atom is 0.490 e. The van der Waals surface area contributed by atoms with E-state index in [0.717, 1.165) is 12.3 Å². The van der Waals surface area contributed by atoms with Crippen LogP contribution >= 0.6 is 23.5 Å². The van der Waals surface area contributed by atoms with Gasteiger partial charge in [-0.05, 0) is 0 Å². The van der Waals surface area contributed by atoms with E-state index in [0.29, 0.717) is 4.57 Å². The van der Waals surface area contributed by atoms with Gasteiger partial charge in [0.2, 0.25) is 0 Å². The van der Waals surface area contributed by atoms with E-state index < -0.39 is 79.2 Å². The van der Waals surface area contributed by atoms with E-state index >= 15 is 0 Å². The molecule has 0 spiro atoms. The Morgan fingerprint density at radius 3 is 2.15 bits per heavy atom. The van der Waals surface area contributed by atoms with Gasteiger partial charge in [0.25, 0.3) is 5.56 Å². The number of aromatic nitrogens is 2. The fourth-order valence-electron chi connectivity index (χ4n) is 2.11. The van der Waals surface area contributed by atoms with Gasteiger partial charge in [0, 0.05) is 12.3 Å². The molecule has 0 aliphatic carbocycles. The lowest BCUT2D eigenvalue weighted by atomic mass is 10.00. The third-order valence-electron chi connectivity index (χ3n) is 3.56. The minimum Gasteiger partial charge on any atom is -0.392 e. The molecule has 17 nitrogen and oxygen atoms in total. The fourth-order valence-corrected chi connectivity index (χ4v) is 5.19. The van der Waals surface area contributed by atoms with Crippen LogP contribution in [0.15, 0.2) is 21.9 Å². The van der Waals surface area contributed by atoms with Crippen LogP contribution in [0.5, 0.6) is 0 Å². The quantitative estimate of drug-likeness (QED) is 0.129. The highest BCUT2D eigenvalue weighted by molar-refractivity contribution is 7.66. The maximum absolute atomic E-state index is 13.9. The van der Waals surface area contributed by atoms with Crippen LogP contribution in [-0.4, -0.2) is 77.6 Å². The molecule has 0 amide bonds. The van der Waals surface area contributed by atoms with Crippen molar-refractivity contribution in [2.24, 2.45) is 0 Å². The third-order valence-corrected chi connectivity index (χ3v) is 7.34. The number of hydrogen-bond donors (Lipinski definition) is 7. The average molecular weight is 550 g/mol. The molecule has 2 unspecified atom stereocenters. The first kappa shape index (κ1) is 29.9. The van der Waals surface area contributed by atoms with E-state index in [-0.39, 0.29) is 0 Å². The molecule has 0 bridgehead atoms. The molecule has 33 heavy (non-hydrogen) atoms. The van der Waals surface area contributed by atoms with Gasteiger partial charge in [0.15, 0.2) is 11.8 Å². The van der Waals surface area contributed by atoms with Gasteiger partial charge in [-0.25, -0.2) is 27.3 Å². The Morgan fingerprint density at radius 2 is 1.70 bits per heavy atom. The molecular weight excluding hydrogens is 531 g/mol. The molecular formula is C11H19F2N2O15P3. The topological polar surface area (TPSA) is 264 Å². The number of aromatic amines is 1. The lowest BCUT2D eigenvalue weighted by Gasteiger charge is -2.37. The van der Waals surface area contributed by atoms with Gasteiger partial charge in [-0.1, -0.05) is 0 Å². The first-order chi connectivity index (χ1) is 15.0. The molecule has 1 heterocycles. The number of halogens is 2. The molecule has 0 radical (unpaired) electrons. The van der Waals surface area contributed by atoms with Gasteiger partial charge < -0.3 is 34.5 Å². The zero-order valence-corrected chi connectivity index (χ0v) is 18.7. The van der Waals surface area contributed by atoms with Crippen molar-refractivity contribution in [3.8, 4) is 0 Å². The van der Waals surface area contributed by atoms with E-state index in [1.54, 1.807) is 4.98 Å². The average Bonchev–Trinajstić information content (AvgIpc) is 2.66. The second kappa shape index (κ2) is 11.5. The number of H-pyrrole nitrogens is 1. The largest absolute Gasteiger partial charge is 0.490 e. The lowest BCUT2D eigenvalue weighted by Crippen LogP contribution is -2.54. The van der Waals surface area contributed by atoms with E-state index in [9.17, 15) is 47.2 Å². The minimum absolute atomic E-state index is 0.474. The smallest absolute Gasteiger partial charge is 0.392 e. The summed E-state index contributed by atoms with van der Waals surface area (Å²) >= 11 is 0. The number of phosphoric acid groups is 3. The van der Waals surface area contributed by atoms with Crippen LogP contribution in [0.25, 0.3) is 0 Å². The molecule has 1 aromatic heterocycles. The van der Waals surface area contributed by atoms with Crippen LogP contribution in [0, 0.1) is 0 Å². The molecule has 0 aliphatic heterocycles. The standard InChI is InChI=1S/C11H19F2N2O15P3/c12-3-7(17)11(5-13,28-9(4-16)15-2-1-8(18)14-10(15)19)6-27-32(23,24)30-33(25,26)29-31(20,21)22/h1-2,7,9,16-17H,3-6H2,(H,23,24)(H,25,26)(H,14,18,19)(H2,20,21,22)/t7-,9+,11+/m0/s1. The highest BCUT2D eigenvalue weighted by atomic mass is 31.3. The van der Waals surface area contributed by atoms with Crippen molar-refractivity contribution in [3.05, 3.63) is 33.1 Å². The summed E-state index contributed by atoms with van der Waals surface area (Å²) in [5.41, 5.74) is -5.04. The number of nitrogens with zero attached hydrogens (tertiary/aromatic N) is 1. The lowest BCUT2D eigenvalue weighted by molar-refractivity contribution is -0.213. The summed E-state index contributed by atoms with van der Waals surface area (Å²) in [4.78, 5) is 60.3. The van der Waals surface area contributed by atoms with Gasteiger partial charge in [-0.2, -0.15) is 8.62 Å². The Bertz CT molecular complexity index is 1060. The summed E-state index contributed by atoms with van der Waals surface area (Å²) in [6.07, 6.45) is -3.66. The van der Waals surface area contributed by atoms with E-state index in [2.05, 4.69) is 13.1 Å². The zero-order chi connectivity index (χ0) is 25.7. The Labute approximate surface area is 181 Å². The number of rotatable bonds is 14. The number of aliphatic hydroxyl groups excluding tert-OH is 2. The summed E-state index contributed by atoms with van der Waals surface area (Å²) in [5, 5.41) is 19.3. The molecule has 192 valence electrons. The Balaban J connectivity index is 3.20. The number of nitrogens with one attached hydrogen (secondary N) is 1. The molecule has 1 rings (SSSR count). The number of hydrogen-bond acceptors (Lipinski definition) is 11. The molecule has 7 N–H and O–H groups in total. The molecule has 5 atom stereocenters. The molecule has 1 aromatic rings. The van der Waals surface area contributed by atoms with Crippen molar-refractivity contribution >= 4 is 23.5 Å². The molecule has 0 saturated heterocycles. The SMILES string of the molecule is O=c1ccn([C@@H](CO)O[C@](CF)(COP(=O)(O)OP(=O)(O)OP(=O)(O)O)[C@@H](O)CF)c(=O)[nH]1. The summed E-state index contributed by atoms with van der Waals surface area (Å²) in [6, 6.07) is 0.780.